The minimum absolute atomic E-state index is 0.0733. The molecule has 90 valence electrons. The third-order valence-electron chi connectivity index (χ3n) is 2.71. The zero-order valence-electron chi connectivity index (χ0n) is 9.76. The fourth-order valence-electron chi connectivity index (χ4n) is 1.67. The standard InChI is InChI=1S/C13H16N2O2/c1-10(14-8-13-5-6-17-15-13)12-4-2-3-11(7-12)9-16/h2-7,10,14,16H,8-9H2,1H3. The van der Waals surface area contributed by atoms with Crippen LogP contribution in [0.15, 0.2) is 41.1 Å². The smallest absolute Gasteiger partial charge is 0.124 e. The number of aromatic nitrogens is 1. The van der Waals surface area contributed by atoms with Crippen LogP contribution in [0.4, 0.5) is 0 Å². The fourth-order valence-corrected chi connectivity index (χ4v) is 1.67. The number of nitrogens with one attached hydrogen (secondary N) is 1. The van der Waals surface area contributed by atoms with Crippen molar-refractivity contribution in [2.75, 3.05) is 0 Å². The molecule has 0 fully saturated rings. The van der Waals surface area contributed by atoms with Crippen LogP contribution >= 0.6 is 0 Å². The summed E-state index contributed by atoms with van der Waals surface area (Å²) in [7, 11) is 0. The van der Waals surface area contributed by atoms with Crippen LogP contribution < -0.4 is 5.32 Å². The summed E-state index contributed by atoms with van der Waals surface area (Å²) in [6.07, 6.45) is 1.56. The van der Waals surface area contributed by atoms with Crippen molar-refractivity contribution in [2.45, 2.75) is 26.1 Å². The zero-order valence-corrected chi connectivity index (χ0v) is 9.76. The molecule has 0 aliphatic carbocycles. The van der Waals surface area contributed by atoms with E-state index < -0.39 is 0 Å². The minimum atomic E-state index is 0.0733. The molecule has 2 aromatic rings. The first-order valence-electron chi connectivity index (χ1n) is 5.62. The SMILES string of the molecule is CC(NCc1ccon1)c1cccc(CO)c1. The van der Waals surface area contributed by atoms with Crippen molar-refractivity contribution in [3.05, 3.63) is 53.4 Å². The van der Waals surface area contributed by atoms with E-state index in [1.165, 1.54) is 0 Å². The van der Waals surface area contributed by atoms with Crippen LogP contribution in [0.3, 0.4) is 0 Å². The third-order valence-corrected chi connectivity index (χ3v) is 2.71. The molecule has 0 saturated heterocycles. The Labute approximate surface area is 100 Å². The van der Waals surface area contributed by atoms with Crippen molar-refractivity contribution in [1.82, 2.24) is 10.5 Å². The first-order valence-corrected chi connectivity index (χ1v) is 5.62. The molecule has 0 spiro atoms. The average Bonchev–Trinajstić information content (AvgIpc) is 2.89. The number of aliphatic hydroxyl groups is 1. The van der Waals surface area contributed by atoms with Crippen LogP contribution in [0.1, 0.15) is 29.8 Å². The van der Waals surface area contributed by atoms with E-state index in [1.54, 1.807) is 6.26 Å². The molecule has 1 aromatic heterocycles. The van der Waals surface area contributed by atoms with Crippen LogP contribution in [0, 0.1) is 0 Å². The summed E-state index contributed by atoms with van der Waals surface area (Å²) in [5.41, 5.74) is 2.97. The molecule has 4 nitrogen and oxygen atoms in total. The van der Waals surface area contributed by atoms with Crippen molar-refractivity contribution in [2.24, 2.45) is 0 Å². The maximum atomic E-state index is 9.08. The molecule has 0 radical (unpaired) electrons. The highest BCUT2D eigenvalue weighted by Gasteiger charge is 2.06. The topological polar surface area (TPSA) is 58.3 Å². The van der Waals surface area contributed by atoms with E-state index in [9.17, 15) is 0 Å². The van der Waals surface area contributed by atoms with Crippen LogP contribution in [0.2, 0.25) is 0 Å². The minimum Gasteiger partial charge on any atom is -0.392 e. The fraction of sp³-hybridized carbons (Fsp3) is 0.308. The Morgan fingerprint density at radius 1 is 1.41 bits per heavy atom. The van der Waals surface area contributed by atoms with Crippen LogP contribution in [0.25, 0.3) is 0 Å². The monoisotopic (exact) mass is 232 g/mol. The second kappa shape index (κ2) is 5.61. The molecule has 1 unspecified atom stereocenters. The second-order valence-corrected chi connectivity index (χ2v) is 4.00. The molecule has 2 N–H and O–H groups in total. The largest absolute Gasteiger partial charge is 0.392 e. The molecule has 0 amide bonds. The molecule has 17 heavy (non-hydrogen) atoms. The quantitative estimate of drug-likeness (QED) is 0.828. The number of hydrogen-bond donors (Lipinski definition) is 2. The van der Waals surface area contributed by atoms with Gasteiger partial charge in [-0.2, -0.15) is 0 Å². The lowest BCUT2D eigenvalue weighted by Gasteiger charge is -2.13. The normalized spacial score (nSPS) is 12.6. The van der Waals surface area contributed by atoms with E-state index in [0.29, 0.717) is 6.54 Å². The Balaban J connectivity index is 1.96. The molecule has 1 aromatic carbocycles. The molecular formula is C13H16N2O2. The van der Waals surface area contributed by atoms with Gasteiger partial charge in [0.15, 0.2) is 0 Å². The predicted molar refractivity (Wildman–Crippen MR) is 64.1 cm³/mol. The van der Waals surface area contributed by atoms with Gasteiger partial charge >= 0.3 is 0 Å². The number of nitrogens with zero attached hydrogens (tertiary/aromatic N) is 1. The summed E-state index contributed by atoms with van der Waals surface area (Å²) in [5.74, 6) is 0. The summed E-state index contributed by atoms with van der Waals surface area (Å²) in [5, 5.41) is 16.3. The first-order chi connectivity index (χ1) is 8.29. The third kappa shape index (κ3) is 3.15. The zero-order chi connectivity index (χ0) is 12.1. The lowest BCUT2D eigenvalue weighted by molar-refractivity contribution is 0.281. The van der Waals surface area contributed by atoms with Crippen molar-refractivity contribution in [3.8, 4) is 0 Å². The second-order valence-electron chi connectivity index (χ2n) is 4.00. The van der Waals surface area contributed by atoms with Gasteiger partial charge in [-0.15, -0.1) is 0 Å². The van der Waals surface area contributed by atoms with Gasteiger partial charge in [-0.3, -0.25) is 0 Å². The number of benzene rings is 1. The highest BCUT2D eigenvalue weighted by Crippen LogP contribution is 2.14. The van der Waals surface area contributed by atoms with Gasteiger partial charge in [0.2, 0.25) is 0 Å². The summed E-state index contributed by atoms with van der Waals surface area (Å²) < 4.78 is 4.77. The van der Waals surface area contributed by atoms with Gasteiger partial charge in [0.1, 0.15) is 6.26 Å². The molecule has 0 aliphatic heterocycles. The van der Waals surface area contributed by atoms with Gasteiger partial charge < -0.3 is 14.9 Å². The van der Waals surface area contributed by atoms with Crippen LogP contribution in [-0.4, -0.2) is 10.3 Å². The van der Waals surface area contributed by atoms with E-state index in [2.05, 4.69) is 17.4 Å². The molecule has 1 atom stereocenters. The van der Waals surface area contributed by atoms with Crippen molar-refractivity contribution < 1.29 is 9.63 Å². The van der Waals surface area contributed by atoms with Gasteiger partial charge in [0.25, 0.3) is 0 Å². The molecule has 0 aliphatic rings. The summed E-state index contributed by atoms with van der Waals surface area (Å²) in [6.45, 7) is 2.82. The number of hydrogen-bond acceptors (Lipinski definition) is 4. The molecule has 0 bridgehead atoms. The maximum Gasteiger partial charge on any atom is 0.124 e. The van der Waals surface area contributed by atoms with Crippen molar-refractivity contribution in [1.29, 1.82) is 0 Å². The lowest BCUT2D eigenvalue weighted by atomic mass is 10.1. The highest BCUT2D eigenvalue weighted by atomic mass is 16.5. The van der Waals surface area contributed by atoms with Crippen LogP contribution in [-0.2, 0) is 13.2 Å². The van der Waals surface area contributed by atoms with E-state index in [4.69, 9.17) is 9.63 Å². The van der Waals surface area contributed by atoms with Crippen LogP contribution in [0.5, 0.6) is 0 Å². The van der Waals surface area contributed by atoms with Gasteiger partial charge in [0, 0.05) is 18.7 Å². The summed E-state index contributed by atoms with van der Waals surface area (Å²) >= 11 is 0. The molecule has 1 heterocycles. The van der Waals surface area contributed by atoms with E-state index >= 15 is 0 Å². The van der Waals surface area contributed by atoms with Gasteiger partial charge in [-0.05, 0) is 18.1 Å². The average molecular weight is 232 g/mol. The molecular weight excluding hydrogens is 216 g/mol. The first kappa shape index (κ1) is 11.8. The van der Waals surface area contributed by atoms with Gasteiger partial charge in [-0.1, -0.05) is 29.4 Å². The molecule has 0 saturated carbocycles. The highest BCUT2D eigenvalue weighted by molar-refractivity contribution is 5.25. The number of aliphatic hydroxyl groups excluding tert-OH is 1. The Kier molecular flexibility index (Phi) is 3.90. The molecule has 4 heteroatoms. The Bertz CT molecular complexity index is 454. The summed E-state index contributed by atoms with van der Waals surface area (Å²) in [6, 6.07) is 9.95. The van der Waals surface area contributed by atoms with Crippen molar-refractivity contribution >= 4 is 0 Å². The van der Waals surface area contributed by atoms with Gasteiger partial charge in [-0.25, -0.2) is 0 Å². The van der Waals surface area contributed by atoms with E-state index in [-0.39, 0.29) is 12.6 Å². The van der Waals surface area contributed by atoms with Gasteiger partial charge in [0.05, 0.1) is 12.3 Å². The number of rotatable bonds is 5. The van der Waals surface area contributed by atoms with E-state index in [0.717, 1.165) is 16.8 Å². The maximum absolute atomic E-state index is 9.08. The Hall–Kier alpha value is -1.65. The molecule has 2 rings (SSSR count). The van der Waals surface area contributed by atoms with E-state index in [1.807, 2.05) is 30.3 Å². The Morgan fingerprint density at radius 3 is 3.00 bits per heavy atom. The Morgan fingerprint density at radius 2 is 2.29 bits per heavy atom. The lowest BCUT2D eigenvalue weighted by Crippen LogP contribution is -2.18. The summed E-state index contributed by atoms with van der Waals surface area (Å²) in [4.78, 5) is 0. The van der Waals surface area contributed by atoms with Crippen molar-refractivity contribution in [3.63, 3.8) is 0 Å². The predicted octanol–water partition coefficient (Wildman–Crippen LogP) is 2.02.